The molecule has 13 rings (SSSR count). The first-order valence-corrected chi connectivity index (χ1v) is 24.8. The number of benzene rings is 10. The molecule has 0 radical (unpaired) electrons. The third kappa shape index (κ3) is 5.50. The van der Waals surface area contributed by atoms with Gasteiger partial charge in [-0.05, 0) is 98.6 Å². The molecule has 0 saturated carbocycles. The first-order chi connectivity index (χ1) is 31.8. The number of para-hydroxylation sites is 2. The van der Waals surface area contributed by atoms with Crippen molar-refractivity contribution < 1.29 is 0 Å². The molecule has 3 aromatic heterocycles. The Bertz CT molecular complexity index is 3800. The highest BCUT2D eigenvalue weighted by molar-refractivity contribution is 7.26. The van der Waals surface area contributed by atoms with Crippen LogP contribution in [0.1, 0.15) is 0 Å². The van der Waals surface area contributed by atoms with Gasteiger partial charge in [0.05, 0.1) is 22.1 Å². The predicted octanol–water partition coefficient (Wildman–Crippen LogP) is 13.3. The fraction of sp³-hybridized carbons (Fsp3) is 0. The van der Waals surface area contributed by atoms with Crippen molar-refractivity contribution in [3.05, 3.63) is 243 Å². The van der Waals surface area contributed by atoms with Gasteiger partial charge in [0, 0.05) is 53.1 Å². The van der Waals surface area contributed by atoms with Crippen LogP contribution in [0.5, 0.6) is 0 Å². The van der Waals surface area contributed by atoms with Crippen molar-refractivity contribution in [1.82, 2.24) is 9.13 Å². The molecule has 2 nitrogen and oxygen atoms in total. The van der Waals surface area contributed by atoms with Crippen LogP contribution >= 0.6 is 11.3 Å². The summed E-state index contributed by atoms with van der Waals surface area (Å²) in [4.78, 5) is 0. The number of fused-ring (bicyclic) bond motifs is 9. The van der Waals surface area contributed by atoms with Crippen LogP contribution in [0, 0.1) is 0 Å². The van der Waals surface area contributed by atoms with Crippen molar-refractivity contribution in [2.75, 3.05) is 0 Å². The maximum absolute atomic E-state index is 2.74. The lowest BCUT2D eigenvalue weighted by atomic mass is 9.98. The van der Waals surface area contributed by atoms with E-state index >= 15 is 0 Å². The summed E-state index contributed by atoms with van der Waals surface area (Å²) in [7, 11) is -2.74. The standard InChI is InChI=1S/C60H40N2SSi/c1-4-19-44(20-5-1)64(45-21-6-2-7-22-45,46-23-8-3-9-24-46)47-25-16-18-42(39-47)61-55-31-14-11-27-50(55)53-40-43(35-37-57(53)61)62-54-30-13-10-26-49(54)52-38-41(34-36-56(52)62)48-29-17-33-59-60(48)51-28-12-15-32-58(51)63-59/h1-40H. The molecule has 0 aliphatic carbocycles. The fourth-order valence-corrected chi connectivity index (χ4v) is 16.7. The number of aromatic nitrogens is 2. The van der Waals surface area contributed by atoms with Crippen molar-refractivity contribution in [2.24, 2.45) is 0 Å². The first kappa shape index (κ1) is 36.9. The van der Waals surface area contributed by atoms with E-state index < -0.39 is 8.07 Å². The van der Waals surface area contributed by atoms with Crippen LogP contribution in [0.25, 0.3) is 86.3 Å². The van der Waals surface area contributed by atoms with Crippen LogP contribution in [0.15, 0.2) is 243 Å². The van der Waals surface area contributed by atoms with Crippen LogP contribution in [0.2, 0.25) is 0 Å². The van der Waals surface area contributed by atoms with Gasteiger partial charge in [-0.15, -0.1) is 11.3 Å². The summed E-state index contributed by atoms with van der Waals surface area (Å²) in [6.07, 6.45) is 0. The number of thiophene rings is 1. The number of hydrogen-bond acceptors (Lipinski definition) is 1. The van der Waals surface area contributed by atoms with Gasteiger partial charge in [0.2, 0.25) is 0 Å². The Morgan fingerprint density at radius 2 is 0.766 bits per heavy atom. The average Bonchev–Trinajstić information content (AvgIpc) is 4.03. The van der Waals surface area contributed by atoms with E-state index in [4.69, 9.17) is 0 Å². The van der Waals surface area contributed by atoms with Crippen LogP contribution in [0.4, 0.5) is 0 Å². The lowest BCUT2D eigenvalue weighted by molar-refractivity contribution is 1.17. The van der Waals surface area contributed by atoms with Crippen LogP contribution in [-0.2, 0) is 0 Å². The third-order valence-corrected chi connectivity index (χ3v) is 19.4. The molecule has 0 saturated heterocycles. The highest BCUT2D eigenvalue weighted by Gasteiger charge is 2.41. The van der Waals surface area contributed by atoms with Gasteiger partial charge >= 0.3 is 0 Å². The minimum absolute atomic E-state index is 1.15. The van der Waals surface area contributed by atoms with Gasteiger partial charge in [0.15, 0.2) is 8.07 Å². The smallest absolute Gasteiger partial charge is 0.179 e. The van der Waals surface area contributed by atoms with Crippen LogP contribution in [-0.4, -0.2) is 17.2 Å². The maximum atomic E-state index is 2.48. The lowest BCUT2D eigenvalue weighted by Gasteiger charge is -2.34. The summed E-state index contributed by atoms with van der Waals surface area (Å²) in [6.45, 7) is 0. The highest BCUT2D eigenvalue weighted by atomic mass is 32.1. The molecule has 0 unspecified atom stereocenters. The van der Waals surface area contributed by atoms with Crippen molar-refractivity contribution in [3.8, 4) is 22.5 Å². The van der Waals surface area contributed by atoms with Crippen molar-refractivity contribution >= 4 is 104 Å². The second-order valence-electron chi connectivity index (χ2n) is 16.8. The predicted molar refractivity (Wildman–Crippen MR) is 277 cm³/mol. The molecular formula is C60H40N2SSi. The molecule has 0 atom stereocenters. The quantitative estimate of drug-likeness (QED) is 0.112. The Morgan fingerprint density at radius 1 is 0.297 bits per heavy atom. The monoisotopic (exact) mass is 848 g/mol. The summed E-state index contributed by atoms with van der Waals surface area (Å²) in [6, 6.07) is 90.4. The lowest BCUT2D eigenvalue weighted by Crippen LogP contribution is -2.74. The van der Waals surface area contributed by atoms with Gasteiger partial charge in [0.25, 0.3) is 0 Å². The Labute approximate surface area is 376 Å². The van der Waals surface area contributed by atoms with E-state index in [0.717, 1.165) is 11.4 Å². The molecule has 0 spiro atoms. The Hall–Kier alpha value is -7.76. The van der Waals surface area contributed by atoms with Crippen LogP contribution < -0.4 is 20.7 Å². The summed E-state index contributed by atoms with van der Waals surface area (Å²) in [5, 5.41) is 13.1. The van der Waals surface area contributed by atoms with E-state index in [0.29, 0.717) is 0 Å². The van der Waals surface area contributed by atoms with E-state index in [9.17, 15) is 0 Å². The molecule has 300 valence electrons. The van der Waals surface area contributed by atoms with Gasteiger partial charge in [0.1, 0.15) is 0 Å². The molecule has 0 aliphatic heterocycles. The van der Waals surface area contributed by atoms with Gasteiger partial charge in [-0.2, -0.15) is 0 Å². The molecule has 13 aromatic rings. The molecule has 64 heavy (non-hydrogen) atoms. The minimum Gasteiger partial charge on any atom is -0.309 e. The SMILES string of the molecule is c1ccc([Si](c2ccccc2)(c2ccccc2)c2cccc(-n3c4ccccc4c4cc(-n5c6ccccc6c6cc(-c7cccc8sc9ccccc9c78)ccc65)ccc43)c2)cc1. The normalized spacial score (nSPS) is 12.1. The Kier molecular flexibility index (Phi) is 8.45. The average molecular weight is 849 g/mol. The zero-order chi connectivity index (χ0) is 42.2. The van der Waals surface area contributed by atoms with E-state index in [1.54, 1.807) is 0 Å². The fourth-order valence-electron chi connectivity index (χ4n) is 10.8. The second-order valence-corrected chi connectivity index (χ2v) is 21.7. The largest absolute Gasteiger partial charge is 0.309 e. The molecule has 0 bridgehead atoms. The summed E-state index contributed by atoms with van der Waals surface area (Å²) < 4.78 is 7.59. The Morgan fingerprint density at radius 3 is 1.41 bits per heavy atom. The number of hydrogen-bond donors (Lipinski definition) is 0. The van der Waals surface area contributed by atoms with Crippen molar-refractivity contribution in [3.63, 3.8) is 0 Å². The van der Waals surface area contributed by atoms with E-state index in [2.05, 4.69) is 252 Å². The zero-order valence-corrected chi connectivity index (χ0v) is 36.7. The molecule has 0 amide bonds. The number of nitrogens with zero attached hydrogens (tertiary/aromatic N) is 2. The second kappa shape index (κ2) is 14.7. The van der Waals surface area contributed by atoms with Gasteiger partial charge in [-0.1, -0.05) is 176 Å². The number of rotatable bonds is 7. The van der Waals surface area contributed by atoms with Crippen LogP contribution in [0.3, 0.4) is 0 Å². The molecule has 0 fully saturated rings. The summed E-state index contributed by atoms with van der Waals surface area (Å²) in [5.41, 5.74) is 9.62. The molecule has 0 N–H and O–H groups in total. The molecule has 4 heteroatoms. The summed E-state index contributed by atoms with van der Waals surface area (Å²) in [5.74, 6) is 0. The van der Waals surface area contributed by atoms with Gasteiger partial charge in [-0.25, -0.2) is 0 Å². The van der Waals surface area contributed by atoms with E-state index in [1.807, 2.05) is 11.3 Å². The third-order valence-electron chi connectivity index (χ3n) is 13.5. The zero-order valence-electron chi connectivity index (χ0n) is 34.9. The van der Waals surface area contributed by atoms with Gasteiger partial charge in [-0.3, -0.25) is 0 Å². The van der Waals surface area contributed by atoms with E-state index in [-0.39, 0.29) is 0 Å². The van der Waals surface area contributed by atoms with E-state index in [1.165, 1.54) is 95.7 Å². The molecular weight excluding hydrogens is 809 g/mol. The summed E-state index contributed by atoms with van der Waals surface area (Å²) >= 11 is 1.87. The molecule has 0 aliphatic rings. The Balaban J connectivity index is 1.00. The highest BCUT2D eigenvalue weighted by Crippen LogP contribution is 2.42. The first-order valence-electron chi connectivity index (χ1n) is 22.0. The minimum atomic E-state index is -2.74. The topological polar surface area (TPSA) is 9.86 Å². The van der Waals surface area contributed by atoms with Gasteiger partial charge < -0.3 is 9.13 Å². The van der Waals surface area contributed by atoms with Crippen molar-refractivity contribution in [2.45, 2.75) is 0 Å². The van der Waals surface area contributed by atoms with Crippen molar-refractivity contribution in [1.29, 1.82) is 0 Å². The molecule has 10 aromatic carbocycles. The maximum Gasteiger partial charge on any atom is 0.179 e. The molecule has 3 heterocycles.